The molecule has 1 fully saturated rings. The molecule has 2 aromatic rings. The summed E-state index contributed by atoms with van der Waals surface area (Å²) in [5, 5.41) is 6.23. The van der Waals surface area contributed by atoms with Crippen LogP contribution in [0.1, 0.15) is 42.5 Å². The third-order valence-electron chi connectivity index (χ3n) is 4.94. The molecule has 1 unspecified atom stereocenters. The standard InChI is InChI=1S/C21H27N3O2S/c1-3-16-8-4-5-9-18(16)24-13-17(12-20(24)25)21(26)22-11-7-6-10-19-23-15(2)14-27-19/h4-5,8-9,14,17H,3,6-7,10-13H2,1-2H3,(H,22,26). The van der Waals surface area contributed by atoms with Crippen molar-refractivity contribution in [3.05, 3.63) is 45.9 Å². The molecule has 1 aromatic carbocycles. The Bertz CT molecular complexity index is 802. The van der Waals surface area contributed by atoms with Crippen molar-refractivity contribution in [2.75, 3.05) is 18.0 Å². The Labute approximate surface area is 164 Å². The van der Waals surface area contributed by atoms with Gasteiger partial charge in [-0.15, -0.1) is 11.3 Å². The summed E-state index contributed by atoms with van der Waals surface area (Å²) in [6.45, 7) is 5.21. The first-order valence-electron chi connectivity index (χ1n) is 9.65. The predicted octanol–water partition coefficient (Wildman–Crippen LogP) is 3.51. The van der Waals surface area contributed by atoms with E-state index in [0.29, 0.717) is 19.5 Å². The first-order valence-corrected chi connectivity index (χ1v) is 10.5. The van der Waals surface area contributed by atoms with Crippen molar-refractivity contribution < 1.29 is 9.59 Å². The van der Waals surface area contributed by atoms with Gasteiger partial charge >= 0.3 is 0 Å². The normalized spacial score (nSPS) is 16.7. The molecule has 0 spiro atoms. The molecule has 27 heavy (non-hydrogen) atoms. The van der Waals surface area contributed by atoms with Crippen LogP contribution in [0.4, 0.5) is 5.69 Å². The van der Waals surface area contributed by atoms with Gasteiger partial charge in [-0.25, -0.2) is 4.98 Å². The summed E-state index contributed by atoms with van der Waals surface area (Å²) in [6.07, 6.45) is 4.05. The van der Waals surface area contributed by atoms with Gasteiger partial charge in [0.25, 0.3) is 0 Å². The maximum absolute atomic E-state index is 12.5. The second-order valence-electron chi connectivity index (χ2n) is 7.02. The number of nitrogens with one attached hydrogen (secondary N) is 1. The lowest BCUT2D eigenvalue weighted by Crippen LogP contribution is -2.33. The molecule has 1 aromatic heterocycles. The number of hydrogen-bond acceptors (Lipinski definition) is 4. The number of benzene rings is 1. The maximum atomic E-state index is 12.5. The minimum atomic E-state index is -0.260. The van der Waals surface area contributed by atoms with Gasteiger partial charge in [0, 0.05) is 36.3 Å². The number of nitrogens with zero attached hydrogens (tertiary/aromatic N) is 2. The van der Waals surface area contributed by atoms with Crippen LogP contribution in [0.25, 0.3) is 0 Å². The van der Waals surface area contributed by atoms with Gasteiger partial charge in [0.2, 0.25) is 11.8 Å². The number of aryl methyl sites for hydroxylation is 3. The zero-order valence-corrected chi connectivity index (χ0v) is 16.8. The van der Waals surface area contributed by atoms with E-state index in [2.05, 4.69) is 22.6 Å². The van der Waals surface area contributed by atoms with E-state index in [1.165, 1.54) is 0 Å². The summed E-state index contributed by atoms with van der Waals surface area (Å²) in [7, 11) is 0. The molecule has 1 atom stereocenters. The Kier molecular flexibility index (Phi) is 6.61. The highest BCUT2D eigenvalue weighted by Gasteiger charge is 2.35. The molecule has 0 bridgehead atoms. The number of rotatable bonds is 8. The van der Waals surface area contributed by atoms with Crippen LogP contribution in [0, 0.1) is 12.8 Å². The molecule has 0 radical (unpaired) electrons. The molecule has 1 aliphatic rings. The summed E-state index contributed by atoms with van der Waals surface area (Å²) in [4.78, 5) is 31.1. The molecule has 5 nitrogen and oxygen atoms in total. The van der Waals surface area contributed by atoms with Crippen molar-refractivity contribution >= 4 is 28.8 Å². The number of amides is 2. The number of para-hydroxylation sites is 1. The molecule has 1 N–H and O–H groups in total. The molecular formula is C21H27N3O2S. The molecule has 2 amide bonds. The third kappa shape index (κ3) is 4.95. The summed E-state index contributed by atoms with van der Waals surface area (Å²) < 4.78 is 0. The molecule has 0 saturated carbocycles. The lowest BCUT2D eigenvalue weighted by Gasteiger charge is -2.20. The monoisotopic (exact) mass is 385 g/mol. The van der Waals surface area contributed by atoms with Crippen LogP contribution in [-0.2, 0) is 22.4 Å². The Hall–Kier alpha value is -2.21. The quantitative estimate of drug-likeness (QED) is 0.708. The van der Waals surface area contributed by atoms with Crippen LogP contribution in [-0.4, -0.2) is 29.9 Å². The lowest BCUT2D eigenvalue weighted by molar-refractivity contribution is -0.126. The highest BCUT2D eigenvalue weighted by molar-refractivity contribution is 7.09. The molecule has 1 saturated heterocycles. The smallest absolute Gasteiger partial charge is 0.227 e. The van der Waals surface area contributed by atoms with Gasteiger partial charge in [-0.1, -0.05) is 25.1 Å². The van der Waals surface area contributed by atoms with E-state index < -0.39 is 0 Å². The molecular weight excluding hydrogens is 358 g/mol. The third-order valence-corrected chi connectivity index (χ3v) is 5.97. The van der Waals surface area contributed by atoms with Crippen molar-refractivity contribution in [1.82, 2.24) is 10.3 Å². The first kappa shape index (κ1) is 19.5. The van der Waals surface area contributed by atoms with Crippen LogP contribution >= 0.6 is 11.3 Å². The molecule has 2 heterocycles. The Morgan fingerprint density at radius 1 is 1.33 bits per heavy atom. The topological polar surface area (TPSA) is 62.3 Å². The van der Waals surface area contributed by atoms with Gasteiger partial charge in [-0.3, -0.25) is 9.59 Å². The van der Waals surface area contributed by atoms with Gasteiger partial charge < -0.3 is 10.2 Å². The summed E-state index contributed by atoms with van der Waals surface area (Å²) in [5.74, 6) is -0.232. The Morgan fingerprint density at radius 2 is 2.15 bits per heavy atom. The molecule has 3 rings (SSSR count). The fraction of sp³-hybridized carbons (Fsp3) is 0.476. The van der Waals surface area contributed by atoms with Gasteiger partial charge in [-0.05, 0) is 44.2 Å². The van der Waals surface area contributed by atoms with Crippen LogP contribution < -0.4 is 10.2 Å². The molecule has 0 aliphatic carbocycles. The molecule has 144 valence electrons. The fourth-order valence-electron chi connectivity index (χ4n) is 3.46. The van der Waals surface area contributed by atoms with Crippen LogP contribution in [0.3, 0.4) is 0 Å². The molecule has 1 aliphatic heterocycles. The number of carbonyl (C=O) groups is 2. The first-order chi connectivity index (χ1) is 13.1. The highest BCUT2D eigenvalue weighted by Crippen LogP contribution is 2.28. The van der Waals surface area contributed by atoms with Crippen LogP contribution in [0.15, 0.2) is 29.6 Å². The fourth-order valence-corrected chi connectivity index (χ4v) is 4.28. The van der Waals surface area contributed by atoms with Gasteiger partial charge in [0.1, 0.15) is 0 Å². The van der Waals surface area contributed by atoms with Gasteiger partial charge in [0.15, 0.2) is 0 Å². The van der Waals surface area contributed by atoms with Crippen molar-refractivity contribution in [2.24, 2.45) is 5.92 Å². The van der Waals surface area contributed by atoms with E-state index in [9.17, 15) is 9.59 Å². The van der Waals surface area contributed by atoms with E-state index in [1.807, 2.05) is 31.2 Å². The number of thiazole rings is 1. The number of carbonyl (C=O) groups excluding carboxylic acids is 2. The van der Waals surface area contributed by atoms with Crippen LogP contribution in [0.2, 0.25) is 0 Å². The average Bonchev–Trinajstić information content (AvgIpc) is 3.26. The van der Waals surface area contributed by atoms with Gasteiger partial charge in [-0.2, -0.15) is 0 Å². The molecule has 6 heteroatoms. The minimum absolute atomic E-state index is 0.00933. The van der Waals surface area contributed by atoms with Crippen LogP contribution in [0.5, 0.6) is 0 Å². The van der Waals surface area contributed by atoms with Crippen molar-refractivity contribution in [3.8, 4) is 0 Å². The largest absolute Gasteiger partial charge is 0.356 e. The van der Waals surface area contributed by atoms with Gasteiger partial charge in [0.05, 0.1) is 10.9 Å². The predicted molar refractivity (Wildman–Crippen MR) is 109 cm³/mol. The van der Waals surface area contributed by atoms with Crippen molar-refractivity contribution in [2.45, 2.75) is 46.0 Å². The lowest BCUT2D eigenvalue weighted by atomic mass is 10.1. The zero-order valence-electron chi connectivity index (χ0n) is 16.0. The number of anilines is 1. The Morgan fingerprint density at radius 3 is 2.89 bits per heavy atom. The van der Waals surface area contributed by atoms with E-state index in [4.69, 9.17) is 0 Å². The minimum Gasteiger partial charge on any atom is -0.356 e. The van der Waals surface area contributed by atoms with E-state index in [0.717, 1.165) is 47.6 Å². The number of unbranched alkanes of at least 4 members (excludes halogenated alkanes) is 1. The second-order valence-corrected chi connectivity index (χ2v) is 7.96. The van der Waals surface area contributed by atoms with E-state index in [-0.39, 0.29) is 17.7 Å². The number of aromatic nitrogens is 1. The summed E-state index contributed by atoms with van der Waals surface area (Å²) >= 11 is 1.69. The summed E-state index contributed by atoms with van der Waals surface area (Å²) in [6, 6.07) is 7.94. The second kappa shape index (κ2) is 9.13. The number of hydrogen-bond donors (Lipinski definition) is 1. The average molecular weight is 386 g/mol. The SMILES string of the molecule is CCc1ccccc1N1CC(C(=O)NCCCCc2nc(C)cs2)CC1=O. The van der Waals surface area contributed by atoms with E-state index in [1.54, 1.807) is 16.2 Å². The highest BCUT2D eigenvalue weighted by atomic mass is 32.1. The zero-order chi connectivity index (χ0) is 19.2. The van der Waals surface area contributed by atoms with Crippen molar-refractivity contribution in [1.29, 1.82) is 0 Å². The van der Waals surface area contributed by atoms with E-state index >= 15 is 0 Å². The Balaban J connectivity index is 1.45. The summed E-state index contributed by atoms with van der Waals surface area (Å²) in [5.41, 5.74) is 3.16. The maximum Gasteiger partial charge on any atom is 0.227 e. The van der Waals surface area contributed by atoms with Crippen molar-refractivity contribution in [3.63, 3.8) is 0 Å².